The smallest absolute Gasteiger partial charge is 0.335 e. The first kappa shape index (κ1) is 22.1. The number of carboxylic acids is 1. The quantitative estimate of drug-likeness (QED) is 0.489. The Morgan fingerprint density at radius 3 is 2.70 bits per heavy atom. The van der Waals surface area contributed by atoms with Crippen LogP contribution in [-0.4, -0.2) is 93.7 Å². The molecular weight excluding hydrogens is 430 g/mol. The molecule has 5 rings (SSSR count). The van der Waals surface area contributed by atoms with E-state index in [0.717, 1.165) is 31.0 Å². The van der Waals surface area contributed by atoms with E-state index >= 15 is 0 Å². The summed E-state index contributed by atoms with van der Waals surface area (Å²) in [6.07, 6.45) is -6.17. The van der Waals surface area contributed by atoms with Crippen LogP contribution in [0.4, 0.5) is 5.82 Å². The third kappa shape index (κ3) is 3.94. The van der Waals surface area contributed by atoms with Crippen LogP contribution in [0, 0.1) is 0 Å². The molecule has 6 atom stereocenters. The highest BCUT2D eigenvalue weighted by Crippen LogP contribution is 2.39. The topological polar surface area (TPSA) is 136 Å². The number of hydrogen-bond acceptors (Lipinski definition) is 9. The van der Waals surface area contributed by atoms with Gasteiger partial charge in [-0.3, -0.25) is 0 Å². The second kappa shape index (κ2) is 8.54. The summed E-state index contributed by atoms with van der Waals surface area (Å²) in [6, 6.07) is 10.3. The van der Waals surface area contributed by atoms with E-state index in [1.54, 1.807) is 0 Å². The van der Waals surface area contributed by atoms with Crippen molar-refractivity contribution < 1.29 is 34.7 Å². The highest BCUT2D eigenvalue weighted by atomic mass is 16.7. The second-order valence-electron chi connectivity index (χ2n) is 8.85. The van der Waals surface area contributed by atoms with E-state index in [9.17, 15) is 25.2 Å². The van der Waals surface area contributed by atoms with Crippen LogP contribution in [-0.2, 0) is 16.0 Å². The van der Waals surface area contributed by atoms with Crippen molar-refractivity contribution in [2.24, 2.45) is 0 Å². The number of pyridine rings is 1. The number of benzene rings is 1. The lowest BCUT2D eigenvalue weighted by Crippen LogP contribution is -2.61. The van der Waals surface area contributed by atoms with E-state index in [2.05, 4.69) is 34.0 Å². The van der Waals surface area contributed by atoms with Crippen molar-refractivity contribution >= 4 is 11.8 Å². The Hall–Kier alpha value is -2.76. The summed E-state index contributed by atoms with van der Waals surface area (Å²) < 4.78 is 11.0. The first-order valence-electron chi connectivity index (χ1n) is 10.9. The van der Waals surface area contributed by atoms with E-state index in [1.807, 2.05) is 18.2 Å². The maximum absolute atomic E-state index is 11.4. The number of carbonyl (C=O) groups is 1. The Bertz CT molecular complexity index is 1050. The van der Waals surface area contributed by atoms with Crippen molar-refractivity contribution in [3.05, 3.63) is 53.2 Å². The van der Waals surface area contributed by atoms with Gasteiger partial charge in [0.15, 0.2) is 6.10 Å². The fourth-order valence-electron chi connectivity index (χ4n) is 4.88. The lowest BCUT2D eigenvalue weighted by atomic mass is 9.96. The number of carboxylic acid groups (broad SMARTS) is 1. The molecule has 176 valence electrons. The van der Waals surface area contributed by atoms with E-state index in [0.29, 0.717) is 6.42 Å². The van der Waals surface area contributed by atoms with Crippen LogP contribution < -0.4 is 9.64 Å². The van der Waals surface area contributed by atoms with Crippen LogP contribution in [0.5, 0.6) is 5.75 Å². The summed E-state index contributed by atoms with van der Waals surface area (Å²) in [5.41, 5.74) is 3.39. The third-order valence-corrected chi connectivity index (χ3v) is 6.63. The highest BCUT2D eigenvalue weighted by molar-refractivity contribution is 5.73. The molecule has 0 radical (unpaired) electrons. The van der Waals surface area contributed by atoms with Crippen LogP contribution in [0.1, 0.15) is 22.7 Å². The second-order valence-corrected chi connectivity index (χ2v) is 8.85. The Morgan fingerprint density at radius 2 is 1.91 bits per heavy atom. The minimum atomic E-state index is -1.77. The molecule has 2 aromatic rings. The summed E-state index contributed by atoms with van der Waals surface area (Å²) in [4.78, 5) is 20.6. The molecule has 10 heteroatoms. The van der Waals surface area contributed by atoms with Gasteiger partial charge in [-0.15, -0.1) is 0 Å². The monoisotopic (exact) mass is 457 g/mol. The number of hydrogen-bond donors (Lipinski definition) is 4. The molecule has 33 heavy (non-hydrogen) atoms. The molecule has 0 bridgehead atoms. The number of aliphatic hydroxyl groups excluding tert-OH is 3. The fourth-order valence-corrected chi connectivity index (χ4v) is 4.88. The minimum Gasteiger partial charge on any atom is -0.479 e. The number of ether oxygens (including phenoxy) is 2. The van der Waals surface area contributed by atoms with Crippen molar-refractivity contribution in [1.29, 1.82) is 0 Å². The van der Waals surface area contributed by atoms with E-state index < -0.39 is 36.7 Å². The molecule has 1 aromatic heterocycles. The third-order valence-electron chi connectivity index (χ3n) is 6.63. The normalized spacial score (nSPS) is 31.7. The molecule has 3 aliphatic rings. The zero-order valence-electron chi connectivity index (χ0n) is 18.1. The van der Waals surface area contributed by atoms with Crippen molar-refractivity contribution in [2.45, 2.75) is 43.2 Å². The first-order chi connectivity index (χ1) is 15.8. The molecule has 0 spiro atoms. The molecule has 1 aromatic carbocycles. The Balaban J connectivity index is 1.46. The predicted molar refractivity (Wildman–Crippen MR) is 116 cm³/mol. The van der Waals surface area contributed by atoms with Gasteiger partial charge in [0.05, 0.1) is 12.2 Å². The van der Waals surface area contributed by atoms with Gasteiger partial charge in [-0.05, 0) is 24.2 Å². The van der Waals surface area contributed by atoms with Crippen molar-refractivity contribution in [1.82, 2.24) is 9.88 Å². The molecule has 10 nitrogen and oxygen atoms in total. The maximum atomic E-state index is 11.4. The van der Waals surface area contributed by atoms with Gasteiger partial charge < -0.3 is 39.7 Å². The average molecular weight is 457 g/mol. The first-order valence-corrected chi connectivity index (χ1v) is 10.9. The summed E-state index contributed by atoms with van der Waals surface area (Å²) >= 11 is 0. The molecule has 3 aliphatic heterocycles. The lowest BCUT2D eigenvalue weighted by molar-refractivity contribution is -0.271. The van der Waals surface area contributed by atoms with Gasteiger partial charge in [-0.25, -0.2) is 9.78 Å². The number of likely N-dealkylation sites (N-methyl/N-ethyl adjacent to an activating group) is 1. The molecule has 2 fully saturated rings. The van der Waals surface area contributed by atoms with Gasteiger partial charge in [-0.2, -0.15) is 0 Å². The van der Waals surface area contributed by atoms with Gasteiger partial charge >= 0.3 is 5.97 Å². The van der Waals surface area contributed by atoms with Crippen LogP contribution in [0.3, 0.4) is 0 Å². The Labute approximate surface area is 190 Å². The number of fused-ring (bicyclic) bond motifs is 5. The van der Waals surface area contributed by atoms with E-state index in [-0.39, 0.29) is 11.8 Å². The molecule has 0 aliphatic carbocycles. The standard InChI is InChI=1S/C23H27N3O7/c1-25-6-7-26-16(11-25)15-5-3-2-4-12(15)8-13-9-14(10-24-21(13)26)32-23-19(29)17(27)18(28)20(33-23)22(30)31/h2-5,9-10,16-20,23,27-29H,6-8,11H2,1H3,(H,30,31)/t16?,17-,18-,19+,20-,23?/m0/s1. The van der Waals surface area contributed by atoms with Crippen molar-refractivity contribution in [2.75, 3.05) is 31.6 Å². The number of aromatic nitrogens is 1. The number of rotatable bonds is 3. The number of piperazine rings is 1. The number of nitrogens with zero attached hydrogens (tertiary/aromatic N) is 3. The van der Waals surface area contributed by atoms with Gasteiger partial charge in [0.2, 0.25) is 6.29 Å². The summed E-state index contributed by atoms with van der Waals surface area (Å²) in [7, 11) is 2.11. The molecule has 4 N–H and O–H groups in total. The highest BCUT2D eigenvalue weighted by Gasteiger charge is 2.48. The molecule has 2 saturated heterocycles. The number of anilines is 1. The van der Waals surface area contributed by atoms with Gasteiger partial charge in [-0.1, -0.05) is 24.3 Å². The predicted octanol–water partition coefficient (Wildman–Crippen LogP) is -0.250. The Kier molecular flexibility index (Phi) is 5.71. The molecular formula is C23H27N3O7. The summed E-state index contributed by atoms with van der Waals surface area (Å²) in [5.74, 6) is -0.323. The molecule has 0 amide bonds. The molecule has 0 saturated carbocycles. The molecule has 2 unspecified atom stereocenters. The van der Waals surface area contributed by atoms with E-state index in [1.165, 1.54) is 17.3 Å². The number of aliphatic carboxylic acids is 1. The lowest BCUT2D eigenvalue weighted by Gasteiger charge is -2.41. The summed E-state index contributed by atoms with van der Waals surface area (Å²) in [6.45, 7) is 2.62. The van der Waals surface area contributed by atoms with Crippen LogP contribution in [0.2, 0.25) is 0 Å². The molecule has 4 heterocycles. The summed E-state index contributed by atoms with van der Waals surface area (Å²) in [5, 5.41) is 39.5. The van der Waals surface area contributed by atoms with Crippen LogP contribution in [0.25, 0.3) is 0 Å². The van der Waals surface area contributed by atoms with Crippen molar-refractivity contribution in [3.8, 4) is 5.75 Å². The maximum Gasteiger partial charge on any atom is 0.335 e. The van der Waals surface area contributed by atoms with Gasteiger partial charge in [0, 0.05) is 31.6 Å². The number of aliphatic hydroxyl groups is 3. The van der Waals surface area contributed by atoms with Gasteiger partial charge in [0.25, 0.3) is 0 Å². The van der Waals surface area contributed by atoms with Gasteiger partial charge in [0.1, 0.15) is 29.9 Å². The van der Waals surface area contributed by atoms with Crippen LogP contribution in [0.15, 0.2) is 36.5 Å². The Morgan fingerprint density at radius 1 is 1.12 bits per heavy atom. The minimum absolute atomic E-state index is 0.178. The SMILES string of the molecule is CN1CCN2c3ncc(OC4O[C@H](C(=O)O)[C@@H](O)[C@H](O)[C@H]4O)cc3Cc3ccccc3C2C1. The average Bonchev–Trinajstić information content (AvgIpc) is 2.93. The van der Waals surface area contributed by atoms with Crippen LogP contribution >= 0.6 is 0 Å². The fraction of sp³-hybridized carbons (Fsp3) is 0.478. The van der Waals surface area contributed by atoms with Crippen molar-refractivity contribution in [3.63, 3.8) is 0 Å². The zero-order chi connectivity index (χ0) is 23.3. The largest absolute Gasteiger partial charge is 0.479 e. The van der Waals surface area contributed by atoms with E-state index in [4.69, 9.17) is 9.47 Å². The zero-order valence-corrected chi connectivity index (χ0v) is 18.1.